The highest BCUT2D eigenvalue weighted by atomic mass is 16.5. The second kappa shape index (κ2) is 5.01. The lowest BCUT2D eigenvalue weighted by atomic mass is 10.2. The fourth-order valence-corrected chi connectivity index (χ4v) is 0.948. The van der Waals surface area contributed by atoms with E-state index in [2.05, 4.69) is 0 Å². The van der Waals surface area contributed by atoms with Crippen molar-refractivity contribution in [3.63, 3.8) is 0 Å². The Morgan fingerprint density at radius 3 is 3.00 bits per heavy atom. The molecule has 15 heavy (non-hydrogen) atoms. The Bertz CT molecular complexity index is 395. The number of benzene rings is 1. The van der Waals surface area contributed by atoms with Crippen LogP contribution in [0.4, 0.5) is 0 Å². The molecular weight excluding hydrogens is 194 g/mol. The normalized spacial score (nSPS) is 11.5. The minimum atomic E-state index is -0.897. The fourth-order valence-electron chi connectivity index (χ4n) is 0.948. The van der Waals surface area contributed by atoms with Gasteiger partial charge < -0.3 is 9.84 Å². The van der Waals surface area contributed by atoms with Crippen LogP contribution in [0, 0.1) is 17.2 Å². The lowest BCUT2D eigenvalue weighted by Crippen LogP contribution is -2.17. The maximum absolute atomic E-state index is 10.5. The minimum absolute atomic E-state index is 0.101. The van der Waals surface area contributed by atoms with Gasteiger partial charge >= 0.3 is 5.97 Å². The Labute approximate surface area is 87.7 Å². The van der Waals surface area contributed by atoms with Gasteiger partial charge in [0, 0.05) is 0 Å². The summed E-state index contributed by atoms with van der Waals surface area (Å²) in [7, 11) is 0. The summed E-state index contributed by atoms with van der Waals surface area (Å²) in [5.41, 5.74) is 0.496. The summed E-state index contributed by atoms with van der Waals surface area (Å²) in [4.78, 5) is 10.5. The third-order valence-corrected chi connectivity index (χ3v) is 1.88. The average Bonchev–Trinajstić information content (AvgIpc) is 2.26. The molecule has 1 unspecified atom stereocenters. The second-order valence-corrected chi connectivity index (χ2v) is 3.19. The second-order valence-electron chi connectivity index (χ2n) is 3.19. The van der Waals surface area contributed by atoms with Gasteiger partial charge in [-0.2, -0.15) is 5.26 Å². The maximum atomic E-state index is 10.5. The Hall–Kier alpha value is -2.02. The smallest absolute Gasteiger partial charge is 0.309 e. The van der Waals surface area contributed by atoms with E-state index < -0.39 is 11.9 Å². The van der Waals surface area contributed by atoms with Gasteiger partial charge in [-0.15, -0.1) is 0 Å². The number of aliphatic carboxylic acids is 1. The van der Waals surface area contributed by atoms with Crippen molar-refractivity contribution in [1.82, 2.24) is 0 Å². The monoisotopic (exact) mass is 205 g/mol. The van der Waals surface area contributed by atoms with E-state index >= 15 is 0 Å². The van der Waals surface area contributed by atoms with E-state index in [1.807, 2.05) is 6.07 Å². The molecule has 0 saturated carbocycles. The van der Waals surface area contributed by atoms with Crippen LogP contribution in [0.3, 0.4) is 0 Å². The number of nitrogens with zero attached hydrogens (tertiary/aromatic N) is 1. The van der Waals surface area contributed by atoms with Gasteiger partial charge in [0.25, 0.3) is 0 Å². The summed E-state index contributed by atoms with van der Waals surface area (Å²) in [6, 6.07) is 8.60. The van der Waals surface area contributed by atoms with E-state index in [0.717, 1.165) is 0 Å². The van der Waals surface area contributed by atoms with Crippen molar-refractivity contribution in [2.45, 2.75) is 6.92 Å². The molecule has 0 radical (unpaired) electrons. The van der Waals surface area contributed by atoms with Gasteiger partial charge in [-0.1, -0.05) is 6.07 Å². The molecule has 1 aromatic carbocycles. The number of carboxylic acids is 1. The van der Waals surface area contributed by atoms with Crippen molar-refractivity contribution >= 4 is 5.97 Å². The Morgan fingerprint density at radius 1 is 1.67 bits per heavy atom. The van der Waals surface area contributed by atoms with Crippen LogP contribution in [-0.2, 0) is 4.79 Å². The highest BCUT2D eigenvalue weighted by Gasteiger charge is 2.11. The van der Waals surface area contributed by atoms with Gasteiger partial charge in [0.1, 0.15) is 12.4 Å². The first kappa shape index (κ1) is 11.1. The van der Waals surface area contributed by atoms with Crippen molar-refractivity contribution in [2.75, 3.05) is 6.61 Å². The van der Waals surface area contributed by atoms with Gasteiger partial charge in [-0.25, -0.2) is 0 Å². The number of nitriles is 1. The molecule has 0 aliphatic heterocycles. The topological polar surface area (TPSA) is 70.3 Å². The summed E-state index contributed by atoms with van der Waals surface area (Å²) in [5.74, 6) is -0.940. The van der Waals surface area contributed by atoms with Crippen LogP contribution in [0.25, 0.3) is 0 Å². The van der Waals surface area contributed by atoms with Crippen LogP contribution in [0.1, 0.15) is 12.5 Å². The zero-order chi connectivity index (χ0) is 11.3. The molecule has 1 rings (SSSR count). The molecule has 0 bridgehead atoms. The minimum Gasteiger partial charge on any atom is -0.493 e. The predicted octanol–water partition coefficient (Wildman–Crippen LogP) is 1.66. The molecule has 0 aromatic heterocycles. The predicted molar refractivity (Wildman–Crippen MR) is 53.5 cm³/mol. The van der Waals surface area contributed by atoms with Crippen molar-refractivity contribution in [3.05, 3.63) is 29.8 Å². The number of carboxylic acid groups (broad SMARTS) is 1. The molecule has 0 heterocycles. The van der Waals surface area contributed by atoms with Gasteiger partial charge in [0.05, 0.1) is 17.6 Å². The summed E-state index contributed by atoms with van der Waals surface area (Å²) in [6.07, 6.45) is 0. The van der Waals surface area contributed by atoms with E-state index in [4.69, 9.17) is 15.1 Å². The highest BCUT2D eigenvalue weighted by Crippen LogP contribution is 2.13. The molecule has 4 nitrogen and oxygen atoms in total. The molecule has 0 aliphatic carbocycles. The maximum Gasteiger partial charge on any atom is 0.309 e. The van der Waals surface area contributed by atoms with Gasteiger partial charge in [-0.05, 0) is 25.1 Å². The summed E-state index contributed by atoms with van der Waals surface area (Å²) in [6.45, 7) is 1.67. The van der Waals surface area contributed by atoms with E-state index in [1.54, 1.807) is 31.2 Å². The van der Waals surface area contributed by atoms with Gasteiger partial charge in [0.15, 0.2) is 0 Å². The number of hydrogen-bond donors (Lipinski definition) is 1. The van der Waals surface area contributed by atoms with E-state index in [1.165, 1.54) is 0 Å². The quantitative estimate of drug-likeness (QED) is 0.811. The fraction of sp³-hybridized carbons (Fsp3) is 0.273. The molecular formula is C11H11NO3. The number of rotatable bonds is 4. The molecule has 1 N–H and O–H groups in total. The first-order valence-corrected chi connectivity index (χ1v) is 4.49. The summed E-state index contributed by atoms with van der Waals surface area (Å²) in [5, 5.41) is 17.3. The molecule has 1 atom stereocenters. The van der Waals surface area contributed by atoms with Gasteiger partial charge in [0.2, 0.25) is 0 Å². The zero-order valence-corrected chi connectivity index (χ0v) is 8.30. The Balaban J connectivity index is 2.58. The Morgan fingerprint density at radius 2 is 2.40 bits per heavy atom. The summed E-state index contributed by atoms with van der Waals surface area (Å²) >= 11 is 0. The zero-order valence-electron chi connectivity index (χ0n) is 8.30. The van der Waals surface area contributed by atoms with Crippen LogP contribution in [0.5, 0.6) is 5.75 Å². The largest absolute Gasteiger partial charge is 0.493 e. The SMILES string of the molecule is CC(COc1cccc(C#N)c1)C(=O)O. The van der Waals surface area contributed by atoms with Crippen LogP contribution >= 0.6 is 0 Å². The van der Waals surface area contributed by atoms with Crippen molar-refractivity contribution in [3.8, 4) is 11.8 Å². The van der Waals surface area contributed by atoms with Crippen LogP contribution in [-0.4, -0.2) is 17.7 Å². The molecule has 0 saturated heterocycles. The number of carbonyl (C=O) groups is 1. The standard InChI is InChI=1S/C11H11NO3/c1-8(11(13)14)7-15-10-4-2-3-9(5-10)6-12/h2-5,8H,7H2,1H3,(H,13,14). The molecule has 0 amide bonds. The van der Waals surface area contributed by atoms with E-state index in [-0.39, 0.29) is 6.61 Å². The third-order valence-electron chi connectivity index (χ3n) is 1.88. The van der Waals surface area contributed by atoms with Crippen molar-refractivity contribution < 1.29 is 14.6 Å². The van der Waals surface area contributed by atoms with Crippen molar-refractivity contribution in [1.29, 1.82) is 5.26 Å². The van der Waals surface area contributed by atoms with Crippen molar-refractivity contribution in [2.24, 2.45) is 5.92 Å². The number of ether oxygens (including phenoxy) is 1. The molecule has 0 aliphatic rings. The van der Waals surface area contributed by atoms with Crippen LogP contribution in [0.15, 0.2) is 24.3 Å². The molecule has 0 fully saturated rings. The lowest BCUT2D eigenvalue weighted by Gasteiger charge is -2.08. The first-order chi connectivity index (χ1) is 7.13. The number of hydrogen-bond acceptors (Lipinski definition) is 3. The first-order valence-electron chi connectivity index (χ1n) is 4.49. The lowest BCUT2D eigenvalue weighted by molar-refractivity contribution is -0.142. The van der Waals surface area contributed by atoms with E-state index in [0.29, 0.717) is 11.3 Å². The summed E-state index contributed by atoms with van der Waals surface area (Å²) < 4.78 is 5.24. The third kappa shape index (κ3) is 3.31. The van der Waals surface area contributed by atoms with Gasteiger partial charge in [-0.3, -0.25) is 4.79 Å². The van der Waals surface area contributed by atoms with E-state index in [9.17, 15) is 4.79 Å². The van der Waals surface area contributed by atoms with Crippen LogP contribution in [0.2, 0.25) is 0 Å². The average molecular weight is 205 g/mol. The van der Waals surface area contributed by atoms with Crippen LogP contribution < -0.4 is 4.74 Å². The Kier molecular flexibility index (Phi) is 3.69. The highest BCUT2D eigenvalue weighted by molar-refractivity contribution is 5.69. The molecule has 4 heteroatoms. The molecule has 0 spiro atoms. The molecule has 78 valence electrons. The molecule has 1 aromatic rings.